The van der Waals surface area contributed by atoms with Crippen LogP contribution in [0.15, 0.2) is 40.8 Å². The lowest BCUT2D eigenvalue weighted by molar-refractivity contribution is 0.0347. The van der Waals surface area contributed by atoms with Gasteiger partial charge in [0.2, 0.25) is 23.4 Å². The highest BCUT2D eigenvalue weighted by molar-refractivity contribution is 5.88. The van der Waals surface area contributed by atoms with E-state index < -0.39 is 17.7 Å². The van der Waals surface area contributed by atoms with Gasteiger partial charge in [-0.05, 0) is 25.5 Å². The van der Waals surface area contributed by atoms with Gasteiger partial charge < -0.3 is 19.5 Å². The van der Waals surface area contributed by atoms with E-state index in [1.165, 1.54) is 12.1 Å². The molecule has 0 aliphatic rings. The molecule has 7 nitrogen and oxygen atoms in total. The molecule has 7 heteroatoms. The van der Waals surface area contributed by atoms with Crippen LogP contribution < -0.4 is 4.84 Å². The summed E-state index contributed by atoms with van der Waals surface area (Å²) >= 11 is 0. The van der Waals surface area contributed by atoms with Crippen molar-refractivity contribution in [1.29, 1.82) is 0 Å². The molecule has 2 heterocycles. The highest BCUT2D eigenvalue weighted by atomic mass is 16.7. The first kappa shape index (κ1) is 14.7. The summed E-state index contributed by atoms with van der Waals surface area (Å²) in [6, 6.07) is 9.85. The molecule has 0 aliphatic heterocycles. The fourth-order valence-corrected chi connectivity index (χ4v) is 2.13. The van der Waals surface area contributed by atoms with E-state index in [0.717, 1.165) is 11.1 Å². The van der Waals surface area contributed by atoms with Crippen molar-refractivity contribution in [3.63, 3.8) is 0 Å². The molecule has 0 radical (unpaired) electrons. The van der Waals surface area contributed by atoms with Crippen molar-refractivity contribution in [2.45, 2.75) is 13.8 Å². The normalized spacial score (nSPS) is 10.7. The number of benzene rings is 1. The maximum Gasteiger partial charge on any atom is 0.401 e. The molecule has 0 spiro atoms. The molecule has 0 saturated carbocycles. The lowest BCUT2D eigenvalue weighted by Gasteiger charge is -2.05. The Morgan fingerprint density at radius 1 is 1.13 bits per heavy atom. The van der Waals surface area contributed by atoms with Crippen molar-refractivity contribution in [2.24, 2.45) is 0 Å². The number of carbonyl (C=O) groups excluding carboxylic acids is 1. The second-order valence-corrected chi connectivity index (χ2v) is 4.97. The largest absolute Gasteiger partial charge is 0.492 e. The molecule has 2 N–H and O–H groups in total. The van der Waals surface area contributed by atoms with Crippen molar-refractivity contribution >= 4 is 5.97 Å². The quantitative estimate of drug-likeness (QED) is 0.770. The molecule has 0 unspecified atom stereocenters. The van der Waals surface area contributed by atoms with E-state index in [-0.39, 0.29) is 5.76 Å². The Morgan fingerprint density at radius 3 is 2.43 bits per heavy atom. The number of aromatic hydroxyl groups is 2. The first-order valence-corrected chi connectivity index (χ1v) is 6.83. The molecular formula is C16H14N2O5. The first-order valence-electron chi connectivity index (χ1n) is 6.83. The van der Waals surface area contributed by atoms with Crippen LogP contribution in [0.1, 0.15) is 21.8 Å². The summed E-state index contributed by atoms with van der Waals surface area (Å²) in [5.41, 5.74) is 2.06. The molecule has 3 rings (SSSR count). The second-order valence-electron chi connectivity index (χ2n) is 4.97. The average Bonchev–Trinajstić information content (AvgIpc) is 3.05. The molecule has 1 aromatic carbocycles. The Morgan fingerprint density at radius 2 is 1.78 bits per heavy atom. The molecule has 0 atom stereocenters. The third kappa shape index (κ3) is 2.64. The second kappa shape index (κ2) is 5.53. The smallest absolute Gasteiger partial charge is 0.401 e. The molecule has 0 aliphatic carbocycles. The standard InChI is InChI=1S/C16H14N2O5/c1-9-5-3-4-6-11(9)15-17-10(2)14(22-15)16(21)23-18-12(19)7-8-13(18)20/h3-8,19-20H,1-2H3. The van der Waals surface area contributed by atoms with Crippen LogP contribution in [0.4, 0.5) is 0 Å². The predicted molar refractivity (Wildman–Crippen MR) is 80.1 cm³/mol. The maximum absolute atomic E-state index is 12.2. The zero-order valence-corrected chi connectivity index (χ0v) is 12.5. The molecule has 23 heavy (non-hydrogen) atoms. The molecule has 0 saturated heterocycles. The van der Waals surface area contributed by atoms with Crippen molar-refractivity contribution in [3.8, 4) is 23.2 Å². The third-order valence-corrected chi connectivity index (χ3v) is 3.33. The summed E-state index contributed by atoms with van der Waals surface area (Å²) in [7, 11) is 0. The Kier molecular flexibility index (Phi) is 3.53. The minimum atomic E-state index is -0.878. The molecule has 0 amide bonds. The van der Waals surface area contributed by atoms with Crippen LogP contribution in [0, 0.1) is 13.8 Å². The van der Waals surface area contributed by atoms with Gasteiger partial charge in [-0.15, -0.1) is 4.73 Å². The zero-order chi connectivity index (χ0) is 16.6. The van der Waals surface area contributed by atoms with Gasteiger partial charge in [0.25, 0.3) is 0 Å². The minimum absolute atomic E-state index is 0.101. The third-order valence-electron chi connectivity index (χ3n) is 3.33. The highest BCUT2D eigenvalue weighted by Gasteiger charge is 2.23. The number of hydrogen-bond donors (Lipinski definition) is 2. The van der Waals surface area contributed by atoms with E-state index in [9.17, 15) is 15.0 Å². The van der Waals surface area contributed by atoms with E-state index in [0.29, 0.717) is 16.3 Å². The summed E-state index contributed by atoms with van der Waals surface area (Å²) in [6.45, 7) is 3.51. The number of rotatable bonds is 3. The minimum Gasteiger partial charge on any atom is -0.492 e. The Labute approximate surface area is 131 Å². The fraction of sp³-hybridized carbons (Fsp3) is 0.125. The van der Waals surface area contributed by atoms with Crippen molar-refractivity contribution in [3.05, 3.63) is 53.4 Å². The van der Waals surface area contributed by atoms with E-state index >= 15 is 0 Å². The van der Waals surface area contributed by atoms with Crippen molar-refractivity contribution in [1.82, 2.24) is 9.71 Å². The molecule has 3 aromatic rings. The van der Waals surface area contributed by atoms with E-state index in [4.69, 9.17) is 9.25 Å². The average molecular weight is 314 g/mol. The van der Waals surface area contributed by atoms with Gasteiger partial charge in [0, 0.05) is 17.7 Å². The van der Waals surface area contributed by atoms with Gasteiger partial charge in [-0.1, -0.05) is 18.2 Å². The van der Waals surface area contributed by atoms with Crippen molar-refractivity contribution in [2.75, 3.05) is 0 Å². The lowest BCUT2D eigenvalue weighted by Crippen LogP contribution is -2.19. The first-order chi connectivity index (χ1) is 11.0. The topological polar surface area (TPSA) is 97.7 Å². The maximum atomic E-state index is 12.2. The van der Waals surface area contributed by atoms with Gasteiger partial charge in [0.1, 0.15) is 0 Å². The number of hydrogen-bond acceptors (Lipinski definition) is 6. The lowest BCUT2D eigenvalue weighted by atomic mass is 10.1. The van der Waals surface area contributed by atoms with Gasteiger partial charge in [-0.3, -0.25) is 0 Å². The SMILES string of the molecule is Cc1ccccc1-c1nc(C)c(C(=O)On2c(O)ccc2O)o1. The molecule has 0 bridgehead atoms. The van der Waals surface area contributed by atoms with Crippen LogP contribution in [0.5, 0.6) is 11.8 Å². The summed E-state index contributed by atoms with van der Waals surface area (Å²) in [5.74, 6) is -1.50. The van der Waals surface area contributed by atoms with Gasteiger partial charge in [-0.25, -0.2) is 9.78 Å². The number of nitrogens with zero attached hydrogens (tertiary/aromatic N) is 2. The van der Waals surface area contributed by atoms with E-state index in [1.807, 2.05) is 31.2 Å². The summed E-state index contributed by atoms with van der Waals surface area (Å²) in [6.07, 6.45) is 0. The molecular weight excluding hydrogens is 300 g/mol. The number of aromatic nitrogens is 2. The van der Waals surface area contributed by atoms with Crippen LogP contribution in [-0.4, -0.2) is 25.9 Å². The van der Waals surface area contributed by atoms with Crippen LogP contribution in [0.3, 0.4) is 0 Å². The summed E-state index contributed by atoms with van der Waals surface area (Å²) in [4.78, 5) is 21.3. The number of carbonyl (C=O) groups is 1. The highest BCUT2D eigenvalue weighted by Crippen LogP contribution is 2.25. The Balaban J connectivity index is 1.92. The number of aryl methyl sites for hydroxylation is 2. The van der Waals surface area contributed by atoms with Gasteiger partial charge in [0.15, 0.2) is 0 Å². The Bertz CT molecular complexity index is 859. The predicted octanol–water partition coefficient (Wildman–Crippen LogP) is 2.44. The van der Waals surface area contributed by atoms with Crippen LogP contribution in [0.2, 0.25) is 0 Å². The zero-order valence-electron chi connectivity index (χ0n) is 12.5. The van der Waals surface area contributed by atoms with E-state index in [1.54, 1.807) is 6.92 Å². The van der Waals surface area contributed by atoms with Crippen LogP contribution in [-0.2, 0) is 0 Å². The Hall–Kier alpha value is -3.22. The van der Waals surface area contributed by atoms with Crippen LogP contribution >= 0.6 is 0 Å². The van der Waals surface area contributed by atoms with Crippen LogP contribution in [0.25, 0.3) is 11.5 Å². The number of oxazole rings is 1. The monoisotopic (exact) mass is 314 g/mol. The molecule has 0 fully saturated rings. The summed E-state index contributed by atoms with van der Waals surface area (Å²) < 4.78 is 6.10. The van der Waals surface area contributed by atoms with Gasteiger partial charge in [-0.2, -0.15) is 0 Å². The molecule has 118 valence electrons. The molecule has 2 aromatic heterocycles. The van der Waals surface area contributed by atoms with Crippen molar-refractivity contribution < 1.29 is 24.3 Å². The summed E-state index contributed by atoms with van der Waals surface area (Å²) in [5, 5.41) is 19.0. The van der Waals surface area contributed by atoms with Gasteiger partial charge in [0.05, 0.1) is 5.69 Å². The fourth-order valence-electron chi connectivity index (χ4n) is 2.13. The van der Waals surface area contributed by atoms with Gasteiger partial charge >= 0.3 is 5.97 Å². The van der Waals surface area contributed by atoms with E-state index in [2.05, 4.69) is 4.98 Å².